The number of nitrogens with one attached hydrogen (secondary N) is 1. The predicted molar refractivity (Wildman–Crippen MR) is 38.1 cm³/mol. The largest absolute Gasteiger partial charge is 0.495 e. The van der Waals surface area contributed by atoms with Crippen LogP contribution >= 0.6 is 0 Å². The summed E-state index contributed by atoms with van der Waals surface area (Å²) in [6.07, 6.45) is 1.80. The van der Waals surface area contributed by atoms with Gasteiger partial charge in [-0.2, -0.15) is 0 Å². The number of ether oxygens (including phenoxy) is 2. The third kappa shape index (κ3) is 1.51. The molecule has 0 saturated heterocycles. The van der Waals surface area contributed by atoms with Crippen LogP contribution in [0.3, 0.4) is 0 Å². The number of hydrogen-bond acceptors (Lipinski definition) is 2. The van der Waals surface area contributed by atoms with Crippen LogP contribution < -0.4 is 4.74 Å². The van der Waals surface area contributed by atoms with Crippen LogP contribution in [0.5, 0.6) is 5.75 Å². The molecule has 1 heterocycles. The zero-order chi connectivity index (χ0) is 7.40. The zero-order valence-electron chi connectivity index (χ0n) is 6.18. The standard InChI is InChI=1S/C7H11NO2/c1-9-5-6-3-7(10-2)4-8-6/h3-4,8H,5H2,1-2H3. The topological polar surface area (TPSA) is 34.2 Å². The summed E-state index contributed by atoms with van der Waals surface area (Å²) in [5.41, 5.74) is 1.03. The monoisotopic (exact) mass is 141 g/mol. The minimum Gasteiger partial charge on any atom is -0.495 e. The Bertz CT molecular complexity index is 195. The van der Waals surface area contributed by atoms with Crippen LogP contribution in [0, 0.1) is 0 Å². The normalized spacial score (nSPS) is 9.80. The number of hydrogen-bond donors (Lipinski definition) is 1. The summed E-state index contributed by atoms with van der Waals surface area (Å²) >= 11 is 0. The molecule has 1 aromatic heterocycles. The SMILES string of the molecule is COCc1cc(OC)c[nH]1. The molecule has 0 atom stereocenters. The summed E-state index contributed by atoms with van der Waals surface area (Å²) in [5, 5.41) is 0. The molecule has 1 aromatic rings. The lowest BCUT2D eigenvalue weighted by Gasteiger charge is -1.91. The van der Waals surface area contributed by atoms with Gasteiger partial charge in [0, 0.05) is 25.1 Å². The van der Waals surface area contributed by atoms with Gasteiger partial charge in [-0.25, -0.2) is 0 Å². The molecule has 0 saturated carbocycles. The van der Waals surface area contributed by atoms with Gasteiger partial charge in [-0.3, -0.25) is 0 Å². The van der Waals surface area contributed by atoms with E-state index in [1.807, 2.05) is 6.07 Å². The average molecular weight is 141 g/mol. The lowest BCUT2D eigenvalue weighted by atomic mass is 10.4. The fourth-order valence-corrected chi connectivity index (χ4v) is 0.776. The van der Waals surface area contributed by atoms with Crippen molar-refractivity contribution in [3.05, 3.63) is 18.0 Å². The molecule has 1 rings (SSSR count). The van der Waals surface area contributed by atoms with E-state index in [-0.39, 0.29) is 0 Å². The Balaban J connectivity index is 2.59. The average Bonchev–Trinajstić information content (AvgIpc) is 2.37. The summed E-state index contributed by atoms with van der Waals surface area (Å²) in [5.74, 6) is 0.840. The smallest absolute Gasteiger partial charge is 0.136 e. The Labute approximate surface area is 60.0 Å². The first kappa shape index (κ1) is 7.15. The third-order valence-corrected chi connectivity index (χ3v) is 1.25. The van der Waals surface area contributed by atoms with Crippen molar-refractivity contribution in [2.75, 3.05) is 14.2 Å². The van der Waals surface area contributed by atoms with E-state index >= 15 is 0 Å². The third-order valence-electron chi connectivity index (χ3n) is 1.25. The quantitative estimate of drug-likeness (QED) is 0.685. The maximum absolute atomic E-state index is 4.95. The Morgan fingerprint density at radius 1 is 1.50 bits per heavy atom. The molecule has 0 radical (unpaired) electrons. The van der Waals surface area contributed by atoms with Crippen molar-refractivity contribution in [2.45, 2.75) is 6.61 Å². The summed E-state index contributed by atoms with van der Waals surface area (Å²) < 4.78 is 9.85. The second kappa shape index (κ2) is 3.27. The van der Waals surface area contributed by atoms with Gasteiger partial charge in [0.1, 0.15) is 5.75 Å². The first-order valence-electron chi connectivity index (χ1n) is 3.07. The first-order chi connectivity index (χ1) is 4.86. The van der Waals surface area contributed by atoms with Gasteiger partial charge in [-0.15, -0.1) is 0 Å². The van der Waals surface area contributed by atoms with Crippen LogP contribution in [0.4, 0.5) is 0 Å². The number of aromatic nitrogens is 1. The molecule has 1 N–H and O–H groups in total. The zero-order valence-corrected chi connectivity index (χ0v) is 6.18. The van der Waals surface area contributed by atoms with Crippen molar-refractivity contribution in [1.29, 1.82) is 0 Å². The van der Waals surface area contributed by atoms with E-state index < -0.39 is 0 Å². The van der Waals surface area contributed by atoms with Gasteiger partial charge in [0.05, 0.1) is 13.7 Å². The molecule has 0 amide bonds. The Kier molecular flexibility index (Phi) is 2.34. The highest BCUT2D eigenvalue weighted by atomic mass is 16.5. The highest BCUT2D eigenvalue weighted by molar-refractivity contribution is 5.22. The van der Waals surface area contributed by atoms with Crippen LogP contribution in [0.1, 0.15) is 5.69 Å². The van der Waals surface area contributed by atoms with Crippen LogP contribution in [0.25, 0.3) is 0 Å². The number of H-pyrrole nitrogens is 1. The fraction of sp³-hybridized carbons (Fsp3) is 0.429. The van der Waals surface area contributed by atoms with E-state index in [0.29, 0.717) is 6.61 Å². The molecule has 3 heteroatoms. The molecular weight excluding hydrogens is 130 g/mol. The molecule has 0 aliphatic carbocycles. The minimum atomic E-state index is 0.601. The Morgan fingerprint density at radius 2 is 2.30 bits per heavy atom. The maximum atomic E-state index is 4.95. The van der Waals surface area contributed by atoms with E-state index in [4.69, 9.17) is 9.47 Å². The van der Waals surface area contributed by atoms with Crippen LogP contribution in [0.2, 0.25) is 0 Å². The summed E-state index contributed by atoms with van der Waals surface area (Å²) in [6, 6.07) is 1.91. The molecule has 0 bridgehead atoms. The molecule has 10 heavy (non-hydrogen) atoms. The van der Waals surface area contributed by atoms with Gasteiger partial charge in [0.25, 0.3) is 0 Å². The second-order valence-electron chi connectivity index (χ2n) is 2.00. The fourth-order valence-electron chi connectivity index (χ4n) is 0.776. The molecule has 3 nitrogen and oxygen atoms in total. The Morgan fingerprint density at radius 3 is 2.80 bits per heavy atom. The lowest BCUT2D eigenvalue weighted by Crippen LogP contribution is -1.85. The van der Waals surface area contributed by atoms with Crippen molar-refractivity contribution >= 4 is 0 Å². The first-order valence-corrected chi connectivity index (χ1v) is 3.07. The number of rotatable bonds is 3. The van der Waals surface area contributed by atoms with Crippen molar-refractivity contribution in [3.8, 4) is 5.75 Å². The van der Waals surface area contributed by atoms with Crippen LogP contribution in [-0.4, -0.2) is 19.2 Å². The molecule has 0 unspecified atom stereocenters. The van der Waals surface area contributed by atoms with Crippen molar-refractivity contribution < 1.29 is 9.47 Å². The molecule has 0 spiro atoms. The molecule has 56 valence electrons. The Hall–Kier alpha value is -0.960. The molecular formula is C7H11NO2. The molecule has 0 aromatic carbocycles. The van der Waals surface area contributed by atoms with Gasteiger partial charge in [0.15, 0.2) is 0 Å². The van der Waals surface area contributed by atoms with Gasteiger partial charge in [-0.1, -0.05) is 0 Å². The molecule has 0 fully saturated rings. The molecule has 0 aliphatic rings. The molecule has 0 aliphatic heterocycles. The van der Waals surface area contributed by atoms with E-state index in [1.54, 1.807) is 20.4 Å². The van der Waals surface area contributed by atoms with Gasteiger partial charge in [-0.05, 0) is 0 Å². The van der Waals surface area contributed by atoms with E-state index in [2.05, 4.69) is 4.98 Å². The van der Waals surface area contributed by atoms with Gasteiger partial charge >= 0.3 is 0 Å². The summed E-state index contributed by atoms with van der Waals surface area (Å²) in [6.45, 7) is 0.601. The second-order valence-corrected chi connectivity index (χ2v) is 2.00. The van der Waals surface area contributed by atoms with E-state index in [0.717, 1.165) is 11.4 Å². The van der Waals surface area contributed by atoms with Crippen LogP contribution in [0.15, 0.2) is 12.3 Å². The highest BCUT2D eigenvalue weighted by Gasteiger charge is 1.95. The number of methoxy groups -OCH3 is 2. The van der Waals surface area contributed by atoms with Crippen molar-refractivity contribution in [1.82, 2.24) is 4.98 Å². The van der Waals surface area contributed by atoms with Crippen molar-refractivity contribution in [2.24, 2.45) is 0 Å². The lowest BCUT2D eigenvalue weighted by molar-refractivity contribution is 0.182. The summed E-state index contributed by atoms with van der Waals surface area (Å²) in [7, 11) is 3.30. The number of aromatic amines is 1. The summed E-state index contributed by atoms with van der Waals surface area (Å²) in [4.78, 5) is 3.01. The predicted octanol–water partition coefficient (Wildman–Crippen LogP) is 1.17. The highest BCUT2D eigenvalue weighted by Crippen LogP contribution is 2.11. The van der Waals surface area contributed by atoms with Crippen molar-refractivity contribution in [3.63, 3.8) is 0 Å². The minimum absolute atomic E-state index is 0.601. The maximum Gasteiger partial charge on any atom is 0.136 e. The van der Waals surface area contributed by atoms with Gasteiger partial charge < -0.3 is 14.5 Å². The van der Waals surface area contributed by atoms with Crippen LogP contribution in [-0.2, 0) is 11.3 Å². The van der Waals surface area contributed by atoms with Gasteiger partial charge in [0.2, 0.25) is 0 Å². The van der Waals surface area contributed by atoms with E-state index in [1.165, 1.54) is 0 Å². The van der Waals surface area contributed by atoms with E-state index in [9.17, 15) is 0 Å².